The van der Waals surface area contributed by atoms with Gasteiger partial charge in [0.05, 0.1) is 19.2 Å². The summed E-state index contributed by atoms with van der Waals surface area (Å²) in [5, 5.41) is 0. The van der Waals surface area contributed by atoms with Crippen molar-refractivity contribution in [2.24, 2.45) is 9.98 Å². The quantitative estimate of drug-likeness (QED) is 0.616. The Labute approximate surface area is 116 Å². The van der Waals surface area contributed by atoms with Crippen LogP contribution in [0.3, 0.4) is 0 Å². The number of hydrogen-bond donors (Lipinski definition) is 0. The molecule has 0 spiro atoms. The van der Waals surface area contributed by atoms with Crippen LogP contribution >= 0.6 is 11.6 Å². The first-order valence-electron chi connectivity index (χ1n) is 5.90. The Morgan fingerprint density at radius 3 is 2.68 bits per heavy atom. The van der Waals surface area contributed by atoms with Gasteiger partial charge in [0.1, 0.15) is 11.4 Å². The molecule has 1 aromatic rings. The number of nitrogens with zero attached hydrogens (tertiary/aromatic N) is 3. The van der Waals surface area contributed by atoms with E-state index in [2.05, 4.69) is 9.98 Å². The van der Waals surface area contributed by atoms with Gasteiger partial charge in [0.2, 0.25) is 12.0 Å². The summed E-state index contributed by atoms with van der Waals surface area (Å²) >= 11 is 5.83. The summed E-state index contributed by atoms with van der Waals surface area (Å²) in [7, 11) is 1.64. The fourth-order valence-electron chi connectivity index (χ4n) is 2.18. The van der Waals surface area contributed by atoms with Crippen molar-refractivity contribution in [2.45, 2.75) is 0 Å². The van der Waals surface area contributed by atoms with Crippen molar-refractivity contribution in [3.63, 3.8) is 0 Å². The van der Waals surface area contributed by atoms with Gasteiger partial charge in [0, 0.05) is 5.56 Å². The number of hydroxylamine groups is 3. The molecule has 4 nitrogen and oxygen atoms in total. The van der Waals surface area contributed by atoms with Gasteiger partial charge in [0.15, 0.2) is 6.20 Å². The molecule has 2 heterocycles. The highest BCUT2D eigenvalue weighted by molar-refractivity contribution is 6.19. The summed E-state index contributed by atoms with van der Waals surface area (Å²) in [6.45, 7) is 0. The number of rotatable bonds is 3. The lowest BCUT2D eigenvalue weighted by Crippen LogP contribution is -2.40. The number of benzene rings is 1. The maximum atomic E-state index is 5.83. The molecule has 1 unspecified atom stereocenters. The highest BCUT2D eigenvalue weighted by Crippen LogP contribution is 2.35. The van der Waals surface area contributed by atoms with Crippen LogP contribution in [0.4, 0.5) is 0 Å². The van der Waals surface area contributed by atoms with E-state index in [1.54, 1.807) is 19.7 Å². The van der Waals surface area contributed by atoms with Crippen molar-refractivity contribution in [2.75, 3.05) is 13.0 Å². The summed E-state index contributed by atoms with van der Waals surface area (Å²) in [5.74, 6) is 0.349. The second-order valence-corrected chi connectivity index (χ2v) is 4.52. The van der Waals surface area contributed by atoms with Crippen LogP contribution in [0.2, 0.25) is 0 Å². The first-order chi connectivity index (χ1) is 9.29. The highest BCUT2D eigenvalue weighted by Gasteiger charge is 2.41. The fourth-order valence-corrected chi connectivity index (χ4v) is 2.31. The SMILES string of the molecule is CO[N+]12C=NC(c3ccccc3)=C1C=NC(CCl)=C2. The van der Waals surface area contributed by atoms with Crippen LogP contribution in [-0.4, -0.2) is 30.2 Å². The molecule has 0 fully saturated rings. The molecule has 1 aromatic carbocycles. The van der Waals surface area contributed by atoms with Crippen molar-refractivity contribution >= 4 is 29.9 Å². The molecular formula is C14H13ClN3O+. The summed E-state index contributed by atoms with van der Waals surface area (Å²) in [5.41, 5.74) is 3.58. The van der Waals surface area contributed by atoms with Gasteiger partial charge >= 0.3 is 0 Å². The number of halogens is 1. The molecule has 2 aliphatic rings. The highest BCUT2D eigenvalue weighted by atomic mass is 35.5. The van der Waals surface area contributed by atoms with Gasteiger partial charge < -0.3 is 0 Å². The van der Waals surface area contributed by atoms with Crippen LogP contribution in [0.25, 0.3) is 5.70 Å². The van der Waals surface area contributed by atoms with Crippen molar-refractivity contribution < 1.29 is 9.48 Å². The van der Waals surface area contributed by atoms with Crippen LogP contribution in [-0.2, 0) is 4.84 Å². The Bertz CT molecular complexity index is 619. The molecule has 0 saturated heterocycles. The molecule has 0 bridgehead atoms. The van der Waals surface area contributed by atoms with E-state index in [0.29, 0.717) is 5.88 Å². The van der Waals surface area contributed by atoms with E-state index < -0.39 is 0 Å². The van der Waals surface area contributed by atoms with Gasteiger partial charge in [-0.3, -0.25) is 0 Å². The number of quaternary nitrogens is 1. The third-order valence-electron chi connectivity index (χ3n) is 3.16. The molecule has 0 saturated carbocycles. The second-order valence-electron chi connectivity index (χ2n) is 4.25. The number of hydrogen-bond acceptors (Lipinski definition) is 3. The average molecular weight is 275 g/mol. The molecule has 0 aromatic heterocycles. The molecule has 0 radical (unpaired) electrons. The van der Waals surface area contributed by atoms with Gasteiger partial charge in [-0.2, -0.15) is 9.83 Å². The van der Waals surface area contributed by atoms with Crippen LogP contribution in [0.5, 0.6) is 0 Å². The van der Waals surface area contributed by atoms with E-state index in [-0.39, 0.29) is 4.65 Å². The number of allylic oxidation sites excluding steroid dienone is 2. The van der Waals surface area contributed by atoms with Crippen LogP contribution in [0.1, 0.15) is 5.56 Å². The van der Waals surface area contributed by atoms with E-state index in [1.807, 2.05) is 36.5 Å². The van der Waals surface area contributed by atoms with E-state index in [1.165, 1.54) is 0 Å². The lowest BCUT2D eigenvalue weighted by molar-refractivity contribution is -0.947. The van der Waals surface area contributed by atoms with Gasteiger partial charge in [-0.05, 0) is 0 Å². The molecule has 96 valence electrons. The first-order valence-corrected chi connectivity index (χ1v) is 6.44. The predicted molar refractivity (Wildman–Crippen MR) is 76.4 cm³/mol. The number of aliphatic imine (C=N–C) groups is 2. The molecule has 0 N–H and O–H groups in total. The Morgan fingerprint density at radius 2 is 2.00 bits per heavy atom. The standard InChI is InChI=1S/C14H13ClN3O/c1-19-18-9-12(7-15)16-8-13(18)14(17-10-18)11-5-3-2-4-6-11/h2-6,8-10H,7H2,1H3/q+1. The number of alkyl halides is 1. The molecule has 1 atom stereocenters. The predicted octanol–water partition coefficient (Wildman–Crippen LogP) is 2.94. The van der Waals surface area contributed by atoms with Crippen LogP contribution < -0.4 is 0 Å². The van der Waals surface area contributed by atoms with Crippen molar-refractivity contribution in [1.29, 1.82) is 0 Å². The van der Waals surface area contributed by atoms with Crippen LogP contribution in [0, 0.1) is 0 Å². The smallest absolute Gasteiger partial charge is 0.234 e. The zero-order chi connectivity index (χ0) is 13.3. The second kappa shape index (κ2) is 4.74. The zero-order valence-corrected chi connectivity index (χ0v) is 11.2. The van der Waals surface area contributed by atoms with Gasteiger partial charge in [-0.25, -0.2) is 4.99 Å². The van der Waals surface area contributed by atoms with Gasteiger partial charge in [0.25, 0.3) is 0 Å². The minimum atomic E-state index is 0.107. The maximum absolute atomic E-state index is 5.83. The summed E-state index contributed by atoms with van der Waals surface area (Å²) in [6, 6.07) is 9.98. The third-order valence-corrected chi connectivity index (χ3v) is 3.43. The largest absolute Gasteiger partial charge is 0.248 e. The molecule has 0 aliphatic carbocycles. The molecule has 2 aliphatic heterocycles. The monoisotopic (exact) mass is 274 g/mol. The minimum Gasteiger partial charge on any atom is -0.248 e. The lowest BCUT2D eigenvalue weighted by Gasteiger charge is -2.24. The first kappa shape index (κ1) is 12.3. The molecule has 5 heteroatoms. The van der Waals surface area contributed by atoms with E-state index in [0.717, 1.165) is 22.7 Å². The van der Waals surface area contributed by atoms with Gasteiger partial charge in [-0.15, -0.1) is 11.6 Å². The third kappa shape index (κ3) is 1.94. The van der Waals surface area contributed by atoms with Gasteiger partial charge in [-0.1, -0.05) is 35.0 Å². The Balaban J connectivity index is 2.13. The molecule has 19 heavy (non-hydrogen) atoms. The van der Waals surface area contributed by atoms with E-state index in [4.69, 9.17) is 16.4 Å². The van der Waals surface area contributed by atoms with Crippen LogP contribution in [0.15, 0.2) is 57.9 Å². The molecule has 3 rings (SSSR count). The normalized spacial score (nSPS) is 24.6. The molecular weight excluding hydrogens is 262 g/mol. The lowest BCUT2D eigenvalue weighted by atomic mass is 10.1. The van der Waals surface area contributed by atoms with Crippen molar-refractivity contribution in [3.8, 4) is 0 Å². The number of fused-ring (bicyclic) bond motifs is 1. The Hall–Kier alpha value is -1.75. The molecule has 0 amide bonds. The summed E-state index contributed by atoms with van der Waals surface area (Å²) in [6.07, 6.45) is 5.38. The topological polar surface area (TPSA) is 34.0 Å². The average Bonchev–Trinajstić information content (AvgIpc) is 2.87. The van der Waals surface area contributed by atoms with E-state index >= 15 is 0 Å². The van der Waals surface area contributed by atoms with Crippen molar-refractivity contribution in [1.82, 2.24) is 0 Å². The Morgan fingerprint density at radius 1 is 1.21 bits per heavy atom. The van der Waals surface area contributed by atoms with Crippen molar-refractivity contribution in [3.05, 3.63) is 53.5 Å². The summed E-state index contributed by atoms with van der Waals surface area (Å²) < 4.78 is 0.107. The Kier molecular flexibility index (Phi) is 3.06. The van der Waals surface area contributed by atoms with E-state index in [9.17, 15) is 0 Å². The summed E-state index contributed by atoms with van der Waals surface area (Å²) in [4.78, 5) is 14.4. The zero-order valence-electron chi connectivity index (χ0n) is 10.5. The minimum absolute atomic E-state index is 0.107. The maximum Gasteiger partial charge on any atom is 0.234 e. The fraction of sp³-hybridized carbons (Fsp3) is 0.143.